The summed E-state index contributed by atoms with van der Waals surface area (Å²) in [5, 5.41) is 2.41. The van der Waals surface area contributed by atoms with Crippen molar-refractivity contribution < 1.29 is 33.4 Å². The normalized spacial score (nSPS) is 18.8. The molecule has 9 heteroatoms. The largest absolute Gasteiger partial charge is 0.464 e. The number of hydroxylamine groups is 2. The third-order valence-corrected chi connectivity index (χ3v) is 8.77. The van der Waals surface area contributed by atoms with Crippen molar-refractivity contribution in [3.8, 4) is 12.3 Å². The number of esters is 3. The minimum Gasteiger partial charge on any atom is -0.464 e. The number of carbonyl (C=O) groups excluding carboxylic acids is 3. The van der Waals surface area contributed by atoms with E-state index in [2.05, 4.69) is 49.5 Å². The van der Waals surface area contributed by atoms with Crippen LogP contribution in [0.3, 0.4) is 0 Å². The van der Waals surface area contributed by atoms with Crippen molar-refractivity contribution in [3.05, 3.63) is 35.9 Å². The van der Waals surface area contributed by atoms with Crippen LogP contribution in [0.2, 0.25) is 0 Å². The third kappa shape index (κ3) is 9.83. The van der Waals surface area contributed by atoms with Gasteiger partial charge in [-0.25, -0.2) is 0 Å². The number of rotatable bonds is 14. The van der Waals surface area contributed by atoms with Crippen LogP contribution >= 0.6 is 15.9 Å². The molecule has 1 aliphatic rings. The van der Waals surface area contributed by atoms with E-state index in [0.717, 1.165) is 24.8 Å². The quantitative estimate of drug-likeness (QED) is 0.104. The SMILES string of the molecule is C#CCCC(=O)OCC(C)(COC(=O)C(C)(C)CBr)C(=O)OCC(ON1C(C)(C)CCCC1(C)C)c1ccccc1. The highest BCUT2D eigenvalue weighted by Gasteiger charge is 2.45. The summed E-state index contributed by atoms with van der Waals surface area (Å²) in [6.07, 6.45) is 7.92. The summed E-state index contributed by atoms with van der Waals surface area (Å²) >= 11 is 3.32. The first-order chi connectivity index (χ1) is 19.1. The molecule has 1 aromatic rings. The third-order valence-electron chi connectivity index (χ3n) is 7.37. The van der Waals surface area contributed by atoms with Crippen molar-refractivity contribution in [2.45, 2.75) is 97.8 Å². The van der Waals surface area contributed by atoms with Gasteiger partial charge in [-0.15, -0.1) is 12.3 Å². The van der Waals surface area contributed by atoms with Crippen LogP contribution in [0.4, 0.5) is 0 Å². The molecule has 1 saturated heterocycles. The van der Waals surface area contributed by atoms with Gasteiger partial charge in [0.15, 0.2) is 0 Å². The number of halogens is 1. The van der Waals surface area contributed by atoms with E-state index in [1.807, 2.05) is 35.4 Å². The first-order valence-corrected chi connectivity index (χ1v) is 15.2. The van der Waals surface area contributed by atoms with Crippen molar-refractivity contribution in [1.82, 2.24) is 5.06 Å². The first-order valence-electron chi connectivity index (χ1n) is 14.1. The number of ether oxygens (including phenoxy) is 3. The monoisotopic (exact) mass is 635 g/mol. The second-order valence-electron chi connectivity index (χ2n) is 12.9. The molecule has 8 nitrogen and oxygen atoms in total. The van der Waals surface area contributed by atoms with Gasteiger partial charge in [0.2, 0.25) is 0 Å². The van der Waals surface area contributed by atoms with Crippen molar-refractivity contribution in [3.63, 3.8) is 0 Å². The predicted octanol–water partition coefficient (Wildman–Crippen LogP) is 6.17. The van der Waals surface area contributed by atoms with Gasteiger partial charge in [0.05, 0.1) is 11.8 Å². The number of hydrogen-bond donors (Lipinski definition) is 0. The minimum absolute atomic E-state index is 0.0172. The molecule has 0 amide bonds. The van der Waals surface area contributed by atoms with Crippen LogP contribution in [0, 0.1) is 23.2 Å². The van der Waals surface area contributed by atoms with Gasteiger partial charge in [-0.3, -0.25) is 19.2 Å². The molecule has 2 atom stereocenters. The Morgan fingerprint density at radius 1 is 0.976 bits per heavy atom. The Morgan fingerprint density at radius 2 is 1.56 bits per heavy atom. The molecule has 0 aromatic heterocycles. The maximum Gasteiger partial charge on any atom is 0.318 e. The topological polar surface area (TPSA) is 91.4 Å². The van der Waals surface area contributed by atoms with Crippen molar-refractivity contribution in [2.24, 2.45) is 10.8 Å². The molecule has 41 heavy (non-hydrogen) atoms. The number of benzene rings is 1. The zero-order valence-corrected chi connectivity index (χ0v) is 27.2. The van der Waals surface area contributed by atoms with E-state index in [9.17, 15) is 14.4 Å². The Balaban J connectivity index is 2.26. The molecule has 0 bridgehead atoms. The fourth-order valence-corrected chi connectivity index (χ4v) is 4.92. The lowest BCUT2D eigenvalue weighted by atomic mass is 9.82. The average Bonchev–Trinajstić information content (AvgIpc) is 2.92. The molecule has 0 radical (unpaired) electrons. The molecule has 0 spiro atoms. The molecule has 1 heterocycles. The van der Waals surface area contributed by atoms with Crippen molar-refractivity contribution in [1.29, 1.82) is 0 Å². The molecule has 1 aromatic carbocycles. The Hall–Kier alpha value is -2.41. The number of piperidine rings is 1. The Labute approximate surface area is 253 Å². The lowest BCUT2D eigenvalue weighted by Crippen LogP contribution is -2.58. The zero-order chi connectivity index (χ0) is 30.9. The van der Waals surface area contributed by atoms with E-state index >= 15 is 0 Å². The summed E-state index contributed by atoms with van der Waals surface area (Å²) in [5.41, 5.74) is -1.86. The fraction of sp³-hybridized carbons (Fsp3) is 0.656. The predicted molar refractivity (Wildman–Crippen MR) is 161 cm³/mol. The van der Waals surface area contributed by atoms with Crippen molar-refractivity contribution in [2.75, 3.05) is 25.2 Å². The Bertz CT molecular complexity index is 1060. The number of alkyl halides is 1. The highest BCUT2D eigenvalue weighted by atomic mass is 79.9. The van der Waals surface area contributed by atoms with Gasteiger partial charge >= 0.3 is 17.9 Å². The van der Waals surface area contributed by atoms with Gasteiger partial charge in [0.25, 0.3) is 0 Å². The maximum absolute atomic E-state index is 13.6. The first kappa shape index (κ1) is 34.8. The van der Waals surface area contributed by atoms with Crippen LogP contribution in [-0.2, 0) is 33.4 Å². The van der Waals surface area contributed by atoms with E-state index in [4.69, 9.17) is 25.5 Å². The summed E-state index contributed by atoms with van der Waals surface area (Å²) in [5.74, 6) is 0.677. The molecular formula is C32H46BrNO7. The number of nitrogens with zero attached hydrogens (tertiary/aromatic N) is 1. The second kappa shape index (κ2) is 14.7. The molecule has 1 fully saturated rings. The van der Waals surface area contributed by atoms with Gasteiger partial charge in [-0.1, -0.05) is 46.3 Å². The van der Waals surface area contributed by atoms with Crippen LogP contribution in [0.1, 0.15) is 92.2 Å². The van der Waals surface area contributed by atoms with E-state index in [1.165, 1.54) is 0 Å². The molecular weight excluding hydrogens is 590 g/mol. The molecule has 0 saturated carbocycles. The van der Waals surface area contributed by atoms with E-state index in [-0.39, 0.29) is 43.7 Å². The Kier molecular flexibility index (Phi) is 12.4. The molecule has 1 aliphatic heterocycles. The summed E-state index contributed by atoms with van der Waals surface area (Å²) in [7, 11) is 0. The standard InChI is InChI=1S/C32H46BrNO7/c1-9-10-17-26(35)39-22-32(8,23-40-27(36)29(2,3)21-33)28(37)38-20-25(24-15-12-11-13-16-24)41-34-30(4,5)18-14-19-31(34,6)7/h1,11-13,15-16,25H,10,14,17-23H2,2-8H3. The van der Waals surface area contributed by atoms with Crippen LogP contribution in [0.15, 0.2) is 30.3 Å². The van der Waals surface area contributed by atoms with Gasteiger partial charge in [0.1, 0.15) is 31.3 Å². The van der Waals surface area contributed by atoms with Crippen molar-refractivity contribution >= 4 is 33.8 Å². The number of terminal acetylenes is 1. The molecule has 0 aliphatic carbocycles. The molecule has 0 N–H and O–H groups in total. The second-order valence-corrected chi connectivity index (χ2v) is 13.5. The summed E-state index contributed by atoms with van der Waals surface area (Å²) in [6, 6.07) is 9.59. The summed E-state index contributed by atoms with van der Waals surface area (Å²) in [6.45, 7) is 12.8. The van der Waals surface area contributed by atoms with Gasteiger partial charge in [-0.2, -0.15) is 5.06 Å². The fourth-order valence-electron chi connectivity index (χ4n) is 4.69. The maximum atomic E-state index is 13.6. The van der Waals surface area contributed by atoms with Crippen LogP contribution in [0.25, 0.3) is 0 Å². The smallest absolute Gasteiger partial charge is 0.318 e. The van der Waals surface area contributed by atoms with E-state index < -0.39 is 34.8 Å². The molecule has 2 unspecified atom stereocenters. The lowest BCUT2D eigenvalue weighted by Gasteiger charge is -2.52. The highest BCUT2D eigenvalue weighted by Crippen LogP contribution is 2.40. The summed E-state index contributed by atoms with van der Waals surface area (Å²) in [4.78, 5) is 45.1. The van der Waals surface area contributed by atoms with Crippen LogP contribution in [0.5, 0.6) is 0 Å². The lowest BCUT2D eigenvalue weighted by molar-refractivity contribution is -0.312. The highest BCUT2D eigenvalue weighted by molar-refractivity contribution is 9.09. The number of hydrogen-bond acceptors (Lipinski definition) is 8. The number of carbonyl (C=O) groups is 3. The van der Waals surface area contributed by atoms with Crippen LogP contribution < -0.4 is 0 Å². The average molecular weight is 637 g/mol. The van der Waals surface area contributed by atoms with E-state index in [1.54, 1.807) is 20.8 Å². The Morgan fingerprint density at radius 3 is 2.12 bits per heavy atom. The summed E-state index contributed by atoms with van der Waals surface area (Å²) < 4.78 is 16.7. The minimum atomic E-state index is -1.45. The van der Waals surface area contributed by atoms with Gasteiger partial charge < -0.3 is 14.2 Å². The van der Waals surface area contributed by atoms with Crippen LogP contribution in [-0.4, -0.2) is 59.2 Å². The van der Waals surface area contributed by atoms with E-state index in [0.29, 0.717) is 5.33 Å². The molecule has 2 rings (SSSR count). The molecule has 228 valence electrons. The van der Waals surface area contributed by atoms with Gasteiger partial charge in [-0.05, 0) is 73.3 Å². The van der Waals surface area contributed by atoms with Gasteiger partial charge in [0, 0.05) is 22.8 Å². The zero-order valence-electron chi connectivity index (χ0n) is 25.6.